The third kappa shape index (κ3) is 3.34. The molecule has 0 spiro atoms. The molecule has 0 aliphatic heterocycles. The van der Waals surface area contributed by atoms with Crippen molar-refractivity contribution >= 4 is 22.7 Å². The maximum atomic E-state index is 3.69. The van der Waals surface area contributed by atoms with Gasteiger partial charge in [0.05, 0.1) is 6.04 Å². The summed E-state index contributed by atoms with van der Waals surface area (Å²) in [5.41, 5.74) is 3.76. The predicted octanol–water partition coefficient (Wildman–Crippen LogP) is 4.93. The molecular formula is C17H24N2S. The van der Waals surface area contributed by atoms with Crippen LogP contribution in [0.25, 0.3) is 0 Å². The molecule has 2 rings (SSSR count). The summed E-state index contributed by atoms with van der Waals surface area (Å²) in [6.07, 6.45) is 0. The van der Waals surface area contributed by atoms with E-state index < -0.39 is 0 Å². The van der Waals surface area contributed by atoms with Gasteiger partial charge in [-0.2, -0.15) is 0 Å². The van der Waals surface area contributed by atoms with E-state index in [9.17, 15) is 0 Å². The summed E-state index contributed by atoms with van der Waals surface area (Å²) in [4.78, 5) is 3.56. The highest BCUT2D eigenvalue weighted by Crippen LogP contribution is 2.31. The van der Waals surface area contributed by atoms with Crippen LogP contribution in [0, 0.1) is 12.8 Å². The van der Waals surface area contributed by atoms with Crippen molar-refractivity contribution in [2.45, 2.75) is 26.8 Å². The second-order valence-corrected chi connectivity index (χ2v) is 6.76. The molecule has 0 amide bonds. The SMILES string of the molecule is Cc1ccc(NC(c2cccs2)C(C)C)cc1N(C)C. The second kappa shape index (κ2) is 6.31. The highest BCUT2D eigenvalue weighted by molar-refractivity contribution is 7.10. The molecule has 2 nitrogen and oxygen atoms in total. The Labute approximate surface area is 126 Å². The normalized spacial score (nSPS) is 12.5. The minimum atomic E-state index is 0.368. The average molecular weight is 288 g/mol. The van der Waals surface area contributed by atoms with Crippen LogP contribution in [0.15, 0.2) is 35.7 Å². The lowest BCUT2D eigenvalue weighted by molar-refractivity contribution is 0.554. The first-order valence-corrected chi connectivity index (χ1v) is 7.95. The van der Waals surface area contributed by atoms with Gasteiger partial charge in [0.2, 0.25) is 0 Å². The fourth-order valence-corrected chi connectivity index (χ4v) is 3.34. The molecule has 1 unspecified atom stereocenters. The lowest BCUT2D eigenvalue weighted by Gasteiger charge is -2.24. The lowest BCUT2D eigenvalue weighted by Crippen LogP contribution is -2.16. The zero-order valence-electron chi connectivity index (χ0n) is 13.0. The highest BCUT2D eigenvalue weighted by atomic mass is 32.1. The van der Waals surface area contributed by atoms with Crippen LogP contribution in [-0.4, -0.2) is 14.1 Å². The Balaban J connectivity index is 2.25. The number of anilines is 2. The van der Waals surface area contributed by atoms with Crippen molar-refractivity contribution in [1.82, 2.24) is 0 Å². The molecule has 0 saturated heterocycles. The van der Waals surface area contributed by atoms with E-state index in [0.29, 0.717) is 12.0 Å². The van der Waals surface area contributed by atoms with Crippen molar-refractivity contribution in [2.24, 2.45) is 5.92 Å². The van der Waals surface area contributed by atoms with Crippen LogP contribution >= 0.6 is 11.3 Å². The maximum Gasteiger partial charge on any atom is 0.0629 e. The van der Waals surface area contributed by atoms with Crippen molar-refractivity contribution in [3.63, 3.8) is 0 Å². The zero-order valence-corrected chi connectivity index (χ0v) is 13.8. The van der Waals surface area contributed by atoms with E-state index in [4.69, 9.17) is 0 Å². The molecule has 0 fully saturated rings. The van der Waals surface area contributed by atoms with Gasteiger partial charge in [0.1, 0.15) is 0 Å². The standard InChI is InChI=1S/C17H24N2S/c1-12(2)17(16-7-6-10-20-16)18-14-9-8-13(3)15(11-14)19(4)5/h6-12,17-18H,1-5H3. The fraction of sp³-hybridized carbons (Fsp3) is 0.412. The molecule has 2 aromatic rings. The Morgan fingerprint density at radius 1 is 1.15 bits per heavy atom. The smallest absolute Gasteiger partial charge is 0.0629 e. The summed E-state index contributed by atoms with van der Waals surface area (Å²) in [6, 6.07) is 11.3. The van der Waals surface area contributed by atoms with Gasteiger partial charge >= 0.3 is 0 Å². The van der Waals surface area contributed by atoms with Crippen molar-refractivity contribution < 1.29 is 0 Å². The van der Waals surface area contributed by atoms with Crippen molar-refractivity contribution in [3.05, 3.63) is 46.2 Å². The number of hydrogen-bond donors (Lipinski definition) is 1. The van der Waals surface area contributed by atoms with Crippen LogP contribution in [0.2, 0.25) is 0 Å². The lowest BCUT2D eigenvalue weighted by atomic mass is 10.0. The molecule has 108 valence electrons. The van der Waals surface area contributed by atoms with Gasteiger partial charge in [-0.25, -0.2) is 0 Å². The number of thiophene rings is 1. The number of rotatable bonds is 5. The first-order chi connectivity index (χ1) is 9.49. The van der Waals surface area contributed by atoms with E-state index in [-0.39, 0.29) is 0 Å². The second-order valence-electron chi connectivity index (χ2n) is 5.78. The monoisotopic (exact) mass is 288 g/mol. The first-order valence-electron chi connectivity index (χ1n) is 7.07. The van der Waals surface area contributed by atoms with Crippen LogP contribution < -0.4 is 10.2 Å². The van der Waals surface area contributed by atoms with Gasteiger partial charge in [0.25, 0.3) is 0 Å². The van der Waals surface area contributed by atoms with Gasteiger partial charge in [-0.05, 0) is 42.0 Å². The molecule has 0 saturated carbocycles. The molecule has 1 atom stereocenters. The third-order valence-electron chi connectivity index (χ3n) is 3.53. The molecule has 1 heterocycles. The van der Waals surface area contributed by atoms with Crippen molar-refractivity contribution in [1.29, 1.82) is 0 Å². The van der Waals surface area contributed by atoms with E-state index in [2.05, 4.69) is 80.8 Å². The number of benzene rings is 1. The third-order valence-corrected chi connectivity index (χ3v) is 4.48. The van der Waals surface area contributed by atoms with Crippen molar-refractivity contribution in [3.8, 4) is 0 Å². The minimum Gasteiger partial charge on any atom is -0.377 e. The Morgan fingerprint density at radius 2 is 1.90 bits per heavy atom. The van der Waals surface area contributed by atoms with Crippen LogP contribution in [0.3, 0.4) is 0 Å². The molecule has 1 aromatic carbocycles. The van der Waals surface area contributed by atoms with E-state index in [1.807, 2.05) is 11.3 Å². The molecule has 0 bridgehead atoms. The molecule has 1 N–H and O–H groups in total. The first kappa shape index (κ1) is 14.9. The van der Waals surface area contributed by atoms with E-state index >= 15 is 0 Å². The van der Waals surface area contributed by atoms with E-state index in [1.165, 1.54) is 21.8 Å². The zero-order chi connectivity index (χ0) is 14.7. The number of nitrogens with zero attached hydrogens (tertiary/aromatic N) is 1. The summed E-state index contributed by atoms with van der Waals surface area (Å²) >= 11 is 1.82. The summed E-state index contributed by atoms with van der Waals surface area (Å²) in [5, 5.41) is 5.83. The Bertz CT molecular complexity index is 544. The van der Waals surface area contributed by atoms with Gasteiger partial charge in [-0.15, -0.1) is 11.3 Å². The molecule has 20 heavy (non-hydrogen) atoms. The minimum absolute atomic E-state index is 0.368. The molecule has 0 aliphatic carbocycles. The topological polar surface area (TPSA) is 15.3 Å². The van der Waals surface area contributed by atoms with Gasteiger partial charge in [0.15, 0.2) is 0 Å². The van der Waals surface area contributed by atoms with Crippen LogP contribution in [0.4, 0.5) is 11.4 Å². The van der Waals surface area contributed by atoms with Crippen molar-refractivity contribution in [2.75, 3.05) is 24.3 Å². The van der Waals surface area contributed by atoms with Crippen LogP contribution in [0.1, 0.15) is 30.3 Å². The Morgan fingerprint density at radius 3 is 2.45 bits per heavy atom. The molecule has 1 aromatic heterocycles. The van der Waals surface area contributed by atoms with Crippen LogP contribution in [0.5, 0.6) is 0 Å². The van der Waals surface area contributed by atoms with E-state index in [0.717, 1.165) is 0 Å². The maximum absolute atomic E-state index is 3.69. The number of hydrogen-bond acceptors (Lipinski definition) is 3. The molecule has 0 radical (unpaired) electrons. The Hall–Kier alpha value is -1.48. The van der Waals surface area contributed by atoms with Gasteiger partial charge in [0, 0.05) is 30.3 Å². The average Bonchev–Trinajstić information content (AvgIpc) is 2.90. The summed E-state index contributed by atoms with van der Waals surface area (Å²) in [6.45, 7) is 6.68. The summed E-state index contributed by atoms with van der Waals surface area (Å²) in [5.74, 6) is 0.553. The number of nitrogens with one attached hydrogen (secondary N) is 1. The van der Waals surface area contributed by atoms with Crippen LogP contribution in [-0.2, 0) is 0 Å². The molecular weight excluding hydrogens is 264 g/mol. The highest BCUT2D eigenvalue weighted by Gasteiger charge is 2.17. The fourth-order valence-electron chi connectivity index (χ4n) is 2.40. The van der Waals surface area contributed by atoms with E-state index in [1.54, 1.807) is 0 Å². The summed E-state index contributed by atoms with van der Waals surface area (Å²) < 4.78 is 0. The van der Waals surface area contributed by atoms with Gasteiger partial charge in [-0.1, -0.05) is 26.0 Å². The largest absolute Gasteiger partial charge is 0.377 e. The quantitative estimate of drug-likeness (QED) is 0.839. The molecule has 0 aliphatic rings. The predicted molar refractivity (Wildman–Crippen MR) is 91.0 cm³/mol. The van der Waals surface area contributed by atoms with Gasteiger partial charge < -0.3 is 10.2 Å². The Kier molecular flexibility index (Phi) is 4.71. The number of aryl methyl sites for hydroxylation is 1. The molecule has 3 heteroatoms. The summed E-state index contributed by atoms with van der Waals surface area (Å²) in [7, 11) is 4.18. The van der Waals surface area contributed by atoms with Gasteiger partial charge in [-0.3, -0.25) is 0 Å².